The Balaban J connectivity index is 1.53. The highest BCUT2D eigenvalue weighted by atomic mass is 127. The third-order valence-electron chi connectivity index (χ3n) is 8.26. The van der Waals surface area contributed by atoms with Crippen molar-refractivity contribution >= 4 is 22.6 Å². The van der Waals surface area contributed by atoms with Crippen LogP contribution in [0, 0.1) is 5.92 Å². The summed E-state index contributed by atoms with van der Waals surface area (Å²) in [6.07, 6.45) is 2.52. The van der Waals surface area contributed by atoms with E-state index in [9.17, 15) is 0 Å². The van der Waals surface area contributed by atoms with Crippen LogP contribution in [0.2, 0.25) is 0 Å². The Morgan fingerprint density at radius 1 is 0.944 bits per heavy atom. The van der Waals surface area contributed by atoms with Crippen LogP contribution in [-0.2, 0) is 12.0 Å². The quantitative estimate of drug-likeness (QED) is 0.179. The molecule has 3 aromatic rings. The lowest BCUT2D eigenvalue weighted by atomic mass is 9.70. The largest absolute Gasteiger partial charge is 0.496 e. The molecular weight excluding hydrogens is 555 g/mol. The first kappa shape index (κ1) is 25.7. The van der Waals surface area contributed by atoms with Crippen molar-refractivity contribution in [1.82, 2.24) is 10.2 Å². The standard InChI is InChI=1S/C32H39IN2O/c1-31(2,3)27-15-16-28(36-4)26(21-27)22-34-30-25-17-19-35(20-18-25)32(30,33)29(23-11-7-5-8-12-23)24-13-9-6-10-14-24/h5-16,21,25,29-30,34H,17-20,22H2,1-4H3/t30-,32+/m0/s1. The molecule has 0 saturated carbocycles. The summed E-state index contributed by atoms with van der Waals surface area (Å²) < 4.78 is 5.74. The predicted octanol–water partition coefficient (Wildman–Crippen LogP) is 7.14. The topological polar surface area (TPSA) is 24.5 Å². The Labute approximate surface area is 230 Å². The Morgan fingerprint density at radius 2 is 1.53 bits per heavy atom. The summed E-state index contributed by atoms with van der Waals surface area (Å²) in [5.41, 5.74) is 5.49. The summed E-state index contributed by atoms with van der Waals surface area (Å²) in [6.45, 7) is 9.98. The van der Waals surface area contributed by atoms with E-state index >= 15 is 0 Å². The molecule has 0 radical (unpaired) electrons. The van der Waals surface area contributed by atoms with E-state index in [1.807, 2.05) is 0 Å². The molecule has 0 amide bonds. The minimum atomic E-state index is -0.0590. The fraction of sp³-hybridized carbons (Fsp3) is 0.438. The summed E-state index contributed by atoms with van der Waals surface area (Å²) in [7, 11) is 1.79. The van der Waals surface area contributed by atoms with Gasteiger partial charge in [0.15, 0.2) is 0 Å². The molecule has 3 aliphatic heterocycles. The smallest absolute Gasteiger partial charge is 0.123 e. The van der Waals surface area contributed by atoms with Gasteiger partial charge in [-0.1, -0.05) is 116 Å². The lowest BCUT2D eigenvalue weighted by Crippen LogP contribution is -2.70. The van der Waals surface area contributed by atoms with Crippen molar-refractivity contribution in [2.45, 2.75) is 61.1 Å². The van der Waals surface area contributed by atoms with Crippen molar-refractivity contribution < 1.29 is 4.74 Å². The number of ether oxygens (including phenoxy) is 1. The molecular formula is C32H39IN2O. The number of piperidine rings is 3. The Morgan fingerprint density at radius 3 is 2.06 bits per heavy atom. The molecule has 0 aromatic heterocycles. The number of alkyl halides is 1. The zero-order valence-electron chi connectivity index (χ0n) is 22.0. The third-order valence-corrected chi connectivity index (χ3v) is 10.2. The molecule has 190 valence electrons. The van der Waals surface area contributed by atoms with Gasteiger partial charge >= 0.3 is 0 Å². The van der Waals surface area contributed by atoms with Crippen LogP contribution >= 0.6 is 22.6 Å². The van der Waals surface area contributed by atoms with Crippen LogP contribution in [0.4, 0.5) is 0 Å². The molecule has 2 atom stereocenters. The van der Waals surface area contributed by atoms with Crippen molar-refractivity contribution in [3.8, 4) is 5.75 Å². The van der Waals surface area contributed by atoms with Gasteiger partial charge in [0, 0.05) is 24.1 Å². The molecule has 3 aliphatic rings. The lowest BCUT2D eigenvalue weighted by molar-refractivity contribution is -0.00603. The lowest BCUT2D eigenvalue weighted by Gasteiger charge is -2.60. The Bertz CT molecular complexity index is 1110. The van der Waals surface area contributed by atoms with Crippen LogP contribution in [-0.4, -0.2) is 34.7 Å². The van der Waals surface area contributed by atoms with Gasteiger partial charge in [-0.05, 0) is 60.0 Å². The van der Waals surface area contributed by atoms with Crippen LogP contribution in [0.25, 0.3) is 0 Å². The molecule has 1 N–H and O–H groups in total. The molecule has 3 fully saturated rings. The number of methoxy groups -OCH3 is 1. The van der Waals surface area contributed by atoms with E-state index in [4.69, 9.17) is 4.74 Å². The van der Waals surface area contributed by atoms with E-state index in [1.165, 1.54) is 48.2 Å². The maximum absolute atomic E-state index is 5.80. The minimum absolute atomic E-state index is 0.0590. The molecule has 2 bridgehead atoms. The first-order valence-electron chi connectivity index (χ1n) is 13.3. The average Bonchev–Trinajstić information content (AvgIpc) is 2.89. The van der Waals surface area contributed by atoms with Gasteiger partial charge in [0.25, 0.3) is 0 Å². The number of nitrogens with one attached hydrogen (secondary N) is 1. The number of hydrogen-bond acceptors (Lipinski definition) is 3. The molecule has 0 aliphatic carbocycles. The highest BCUT2D eigenvalue weighted by Gasteiger charge is 2.56. The van der Waals surface area contributed by atoms with Crippen molar-refractivity contribution in [3.63, 3.8) is 0 Å². The van der Waals surface area contributed by atoms with E-state index < -0.39 is 0 Å². The number of rotatable bonds is 7. The van der Waals surface area contributed by atoms with Crippen LogP contribution in [0.5, 0.6) is 5.75 Å². The third kappa shape index (κ3) is 4.84. The second kappa shape index (κ2) is 10.5. The Kier molecular flexibility index (Phi) is 7.49. The van der Waals surface area contributed by atoms with E-state index in [1.54, 1.807) is 7.11 Å². The van der Waals surface area contributed by atoms with E-state index in [0.29, 0.717) is 12.0 Å². The summed E-state index contributed by atoms with van der Waals surface area (Å²) in [6, 6.07) is 29.3. The van der Waals surface area contributed by atoms with Gasteiger partial charge < -0.3 is 10.1 Å². The molecule has 4 heteroatoms. The van der Waals surface area contributed by atoms with Crippen molar-refractivity contribution in [2.75, 3.05) is 20.2 Å². The van der Waals surface area contributed by atoms with Crippen molar-refractivity contribution in [1.29, 1.82) is 0 Å². The number of halogens is 1. The van der Waals surface area contributed by atoms with Crippen LogP contribution < -0.4 is 10.1 Å². The highest BCUT2D eigenvalue weighted by molar-refractivity contribution is 14.1. The fourth-order valence-electron chi connectivity index (χ4n) is 6.33. The number of fused-ring (bicyclic) bond motifs is 3. The zero-order valence-corrected chi connectivity index (χ0v) is 24.2. The first-order chi connectivity index (χ1) is 17.3. The van der Waals surface area contributed by atoms with E-state index in [0.717, 1.165) is 12.3 Å². The summed E-state index contributed by atoms with van der Waals surface area (Å²) >= 11 is 2.83. The highest BCUT2D eigenvalue weighted by Crippen LogP contribution is 2.53. The molecule has 3 nitrogen and oxygen atoms in total. The SMILES string of the molecule is COc1ccc(C(C)(C)C)cc1CN[C@H]1C2CCN(CC2)[C@]1(I)C(c1ccccc1)c1ccccc1. The average molecular weight is 595 g/mol. The predicted molar refractivity (Wildman–Crippen MR) is 158 cm³/mol. The Hall–Kier alpha value is -1.89. The summed E-state index contributed by atoms with van der Waals surface area (Å²) in [5, 5.41) is 4.10. The van der Waals surface area contributed by atoms with Gasteiger partial charge in [0.05, 0.1) is 10.7 Å². The van der Waals surface area contributed by atoms with Crippen molar-refractivity contribution in [3.05, 3.63) is 101 Å². The van der Waals surface area contributed by atoms with E-state index in [-0.39, 0.29) is 14.9 Å². The maximum Gasteiger partial charge on any atom is 0.123 e. The van der Waals surface area contributed by atoms with Crippen LogP contribution in [0.15, 0.2) is 78.9 Å². The molecule has 3 saturated heterocycles. The van der Waals surface area contributed by atoms with Crippen LogP contribution in [0.3, 0.4) is 0 Å². The molecule has 36 heavy (non-hydrogen) atoms. The zero-order chi connectivity index (χ0) is 25.3. The maximum atomic E-state index is 5.80. The van der Waals surface area contributed by atoms with Crippen LogP contribution in [0.1, 0.15) is 61.8 Å². The molecule has 3 heterocycles. The summed E-state index contributed by atoms with van der Waals surface area (Å²) in [4.78, 5) is 2.76. The molecule has 0 spiro atoms. The minimum Gasteiger partial charge on any atom is -0.496 e. The van der Waals surface area contributed by atoms with Gasteiger partial charge in [-0.2, -0.15) is 0 Å². The second-order valence-corrected chi connectivity index (χ2v) is 13.2. The van der Waals surface area contributed by atoms with Gasteiger partial charge in [-0.3, -0.25) is 4.90 Å². The first-order valence-corrected chi connectivity index (χ1v) is 14.3. The molecule has 0 unspecified atom stereocenters. The second-order valence-electron chi connectivity index (χ2n) is 11.4. The van der Waals surface area contributed by atoms with Gasteiger partial charge in [-0.25, -0.2) is 0 Å². The number of hydrogen-bond donors (Lipinski definition) is 1. The van der Waals surface area contributed by atoms with Crippen molar-refractivity contribution in [2.24, 2.45) is 5.92 Å². The number of benzene rings is 3. The van der Waals surface area contributed by atoms with Gasteiger partial charge in [0.2, 0.25) is 0 Å². The monoisotopic (exact) mass is 594 g/mol. The molecule has 3 aromatic carbocycles. The molecule has 6 rings (SSSR count). The van der Waals surface area contributed by atoms with Gasteiger partial charge in [-0.15, -0.1) is 0 Å². The summed E-state index contributed by atoms with van der Waals surface area (Å²) in [5.74, 6) is 1.92. The normalized spacial score (nSPS) is 25.8. The fourth-order valence-corrected chi connectivity index (χ4v) is 8.26. The van der Waals surface area contributed by atoms with E-state index in [2.05, 4.69) is 132 Å². The number of nitrogens with zero attached hydrogens (tertiary/aromatic N) is 1. The van der Waals surface area contributed by atoms with Gasteiger partial charge in [0.1, 0.15) is 5.75 Å².